The molecule has 1 amide bonds. The van der Waals surface area contributed by atoms with Gasteiger partial charge in [0.2, 0.25) is 0 Å². The van der Waals surface area contributed by atoms with Crippen molar-refractivity contribution in [3.05, 3.63) is 29.8 Å². The Kier molecular flexibility index (Phi) is 7.11. The van der Waals surface area contributed by atoms with Gasteiger partial charge in [-0.15, -0.1) is 12.4 Å². The molecule has 0 aliphatic carbocycles. The summed E-state index contributed by atoms with van der Waals surface area (Å²) in [7, 11) is 0. The number of carbonyl (C=O) groups is 1. The number of halogens is 4. The highest BCUT2D eigenvalue weighted by molar-refractivity contribution is 5.85. The molecule has 2 rings (SSSR count). The maximum atomic E-state index is 12.8. The minimum atomic E-state index is -4.54. The summed E-state index contributed by atoms with van der Waals surface area (Å²) in [6.45, 7) is 0.788. The smallest absolute Gasteiger partial charge is 0.419 e. The third-order valence-corrected chi connectivity index (χ3v) is 3.42. The van der Waals surface area contributed by atoms with Crippen molar-refractivity contribution in [1.29, 1.82) is 0 Å². The monoisotopic (exact) mass is 354 g/mol. The maximum Gasteiger partial charge on any atom is 0.419 e. The van der Waals surface area contributed by atoms with E-state index < -0.39 is 30.4 Å². The number of rotatable bonds is 5. The number of β-amino-alcohol motifs (C(OH)–C–C–N with tert-alkyl or cyclic N) is 1. The molecule has 2 unspecified atom stereocenters. The van der Waals surface area contributed by atoms with E-state index in [-0.39, 0.29) is 30.6 Å². The Balaban J connectivity index is 0.00000264. The second-order valence-corrected chi connectivity index (χ2v) is 5.07. The van der Waals surface area contributed by atoms with Crippen molar-refractivity contribution in [3.8, 4) is 5.75 Å². The van der Waals surface area contributed by atoms with Gasteiger partial charge in [-0.1, -0.05) is 12.1 Å². The summed E-state index contributed by atoms with van der Waals surface area (Å²) >= 11 is 0. The van der Waals surface area contributed by atoms with E-state index in [4.69, 9.17) is 4.74 Å². The highest BCUT2D eigenvalue weighted by Gasteiger charge is 2.34. The van der Waals surface area contributed by atoms with Crippen molar-refractivity contribution in [2.45, 2.75) is 12.3 Å². The summed E-state index contributed by atoms with van der Waals surface area (Å²) in [6, 6.07) is 4.72. The van der Waals surface area contributed by atoms with E-state index in [1.165, 1.54) is 18.2 Å². The predicted octanol–water partition coefficient (Wildman–Crippen LogP) is 1.20. The lowest BCUT2D eigenvalue weighted by atomic mass is 10.1. The number of benzene rings is 1. The fourth-order valence-corrected chi connectivity index (χ4v) is 2.19. The average Bonchev–Trinajstić information content (AvgIpc) is 2.87. The van der Waals surface area contributed by atoms with Crippen molar-refractivity contribution in [1.82, 2.24) is 10.6 Å². The van der Waals surface area contributed by atoms with Gasteiger partial charge in [0.1, 0.15) is 5.75 Å². The van der Waals surface area contributed by atoms with Gasteiger partial charge < -0.3 is 20.5 Å². The van der Waals surface area contributed by atoms with Crippen LogP contribution in [0, 0.1) is 5.92 Å². The molecule has 130 valence electrons. The number of nitrogens with one attached hydrogen (secondary N) is 2. The minimum absolute atomic E-state index is 0. The molecule has 0 spiro atoms. The number of aliphatic hydroxyl groups excluding tert-OH is 1. The van der Waals surface area contributed by atoms with E-state index in [1.54, 1.807) is 0 Å². The number of hydrogen-bond donors (Lipinski definition) is 3. The van der Waals surface area contributed by atoms with Crippen LogP contribution in [-0.4, -0.2) is 43.4 Å². The van der Waals surface area contributed by atoms with Crippen LogP contribution in [0.15, 0.2) is 24.3 Å². The third-order valence-electron chi connectivity index (χ3n) is 3.42. The van der Waals surface area contributed by atoms with Crippen LogP contribution in [0.2, 0.25) is 0 Å². The van der Waals surface area contributed by atoms with Crippen LogP contribution in [-0.2, 0) is 11.0 Å². The molecular weight excluding hydrogens is 337 g/mol. The largest absolute Gasteiger partial charge is 0.483 e. The lowest BCUT2D eigenvalue weighted by molar-refractivity contribution is -0.139. The molecule has 1 aliphatic heterocycles. The molecule has 23 heavy (non-hydrogen) atoms. The Hall–Kier alpha value is -1.51. The Morgan fingerprint density at radius 1 is 1.35 bits per heavy atom. The first kappa shape index (κ1) is 19.5. The van der Waals surface area contributed by atoms with Gasteiger partial charge in [0.25, 0.3) is 5.91 Å². The zero-order chi connectivity index (χ0) is 16.2. The number of hydrogen-bond acceptors (Lipinski definition) is 4. The molecule has 9 heteroatoms. The lowest BCUT2D eigenvalue weighted by Crippen LogP contribution is -2.36. The highest BCUT2D eigenvalue weighted by Crippen LogP contribution is 2.35. The molecule has 1 fully saturated rings. The normalized spacial score (nSPS) is 20.7. The summed E-state index contributed by atoms with van der Waals surface area (Å²) in [4.78, 5) is 11.6. The molecule has 1 saturated heterocycles. The molecule has 0 saturated carbocycles. The molecule has 3 N–H and O–H groups in total. The Labute approximate surface area is 137 Å². The van der Waals surface area contributed by atoms with Crippen LogP contribution in [0.3, 0.4) is 0 Å². The topological polar surface area (TPSA) is 70.6 Å². The van der Waals surface area contributed by atoms with Gasteiger partial charge in [-0.05, 0) is 12.1 Å². The molecular formula is C14H18ClF3N2O3. The van der Waals surface area contributed by atoms with Gasteiger partial charge in [0, 0.05) is 25.6 Å². The zero-order valence-electron chi connectivity index (χ0n) is 12.1. The molecule has 0 bridgehead atoms. The van der Waals surface area contributed by atoms with Crippen molar-refractivity contribution in [3.63, 3.8) is 0 Å². The Morgan fingerprint density at radius 3 is 2.65 bits per heavy atom. The number of amides is 1. The maximum absolute atomic E-state index is 12.8. The van der Waals surface area contributed by atoms with Crippen LogP contribution < -0.4 is 15.4 Å². The summed E-state index contributed by atoms with van der Waals surface area (Å²) < 4.78 is 43.2. The van der Waals surface area contributed by atoms with Crippen LogP contribution >= 0.6 is 12.4 Å². The van der Waals surface area contributed by atoms with E-state index in [1.807, 2.05) is 0 Å². The zero-order valence-corrected chi connectivity index (χ0v) is 12.9. The number of ether oxygens (including phenoxy) is 1. The minimum Gasteiger partial charge on any atom is -0.483 e. The van der Waals surface area contributed by atoms with Crippen molar-refractivity contribution >= 4 is 18.3 Å². The lowest BCUT2D eigenvalue weighted by Gasteiger charge is -2.15. The number of para-hydroxylation sites is 1. The predicted molar refractivity (Wildman–Crippen MR) is 79.6 cm³/mol. The van der Waals surface area contributed by atoms with Gasteiger partial charge in [0.15, 0.2) is 6.61 Å². The van der Waals surface area contributed by atoms with E-state index in [9.17, 15) is 23.1 Å². The van der Waals surface area contributed by atoms with Gasteiger partial charge in [-0.3, -0.25) is 4.79 Å². The summed E-state index contributed by atoms with van der Waals surface area (Å²) in [5, 5.41) is 15.1. The van der Waals surface area contributed by atoms with E-state index >= 15 is 0 Å². The molecule has 0 radical (unpaired) electrons. The first-order valence-corrected chi connectivity index (χ1v) is 6.82. The first-order valence-electron chi connectivity index (χ1n) is 6.82. The van der Waals surface area contributed by atoms with Crippen molar-refractivity contribution in [2.75, 3.05) is 26.2 Å². The standard InChI is InChI=1S/C14H17F3N2O3.ClH/c15-14(16,17)10-3-1-2-4-12(10)22-8-13(21)19-6-9-5-18-7-11(9)20;/h1-4,9,11,18,20H,5-8H2,(H,19,21);1H. The van der Waals surface area contributed by atoms with E-state index in [0.717, 1.165) is 6.07 Å². The summed E-state index contributed by atoms with van der Waals surface area (Å²) in [5.74, 6) is -1.02. The van der Waals surface area contributed by atoms with Crippen LogP contribution in [0.1, 0.15) is 5.56 Å². The third kappa shape index (κ3) is 5.56. The second-order valence-electron chi connectivity index (χ2n) is 5.07. The molecule has 2 atom stereocenters. The highest BCUT2D eigenvalue weighted by atomic mass is 35.5. The SMILES string of the molecule is Cl.O=C(COc1ccccc1C(F)(F)F)NCC1CNCC1O. The number of alkyl halides is 3. The Bertz CT molecular complexity index is 528. The van der Waals surface area contributed by atoms with Gasteiger partial charge in [0.05, 0.1) is 11.7 Å². The fraction of sp³-hybridized carbons (Fsp3) is 0.500. The Morgan fingerprint density at radius 2 is 2.04 bits per heavy atom. The van der Waals surface area contributed by atoms with Gasteiger partial charge in [-0.2, -0.15) is 13.2 Å². The summed E-state index contributed by atoms with van der Waals surface area (Å²) in [6.07, 6.45) is -5.07. The fourth-order valence-electron chi connectivity index (χ4n) is 2.19. The van der Waals surface area contributed by atoms with Crippen LogP contribution in [0.4, 0.5) is 13.2 Å². The number of carbonyl (C=O) groups excluding carboxylic acids is 1. The van der Waals surface area contributed by atoms with Crippen LogP contribution in [0.25, 0.3) is 0 Å². The molecule has 0 aromatic heterocycles. The molecule has 1 aromatic rings. The molecule has 5 nitrogen and oxygen atoms in total. The molecule has 1 aliphatic rings. The molecule has 1 heterocycles. The van der Waals surface area contributed by atoms with E-state index in [2.05, 4.69) is 10.6 Å². The second kappa shape index (κ2) is 8.37. The average molecular weight is 355 g/mol. The molecule has 1 aromatic carbocycles. The van der Waals surface area contributed by atoms with Gasteiger partial charge >= 0.3 is 6.18 Å². The first-order chi connectivity index (χ1) is 10.4. The van der Waals surface area contributed by atoms with Gasteiger partial charge in [-0.25, -0.2) is 0 Å². The van der Waals surface area contributed by atoms with Crippen molar-refractivity contribution < 1.29 is 27.8 Å². The quantitative estimate of drug-likeness (QED) is 0.743. The summed E-state index contributed by atoms with van der Waals surface area (Å²) in [5.41, 5.74) is -0.918. The van der Waals surface area contributed by atoms with Crippen LogP contribution in [0.5, 0.6) is 5.75 Å². The van der Waals surface area contributed by atoms with Crippen molar-refractivity contribution in [2.24, 2.45) is 5.92 Å². The van der Waals surface area contributed by atoms with E-state index in [0.29, 0.717) is 13.1 Å². The number of aliphatic hydroxyl groups is 1.